The predicted molar refractivity (Wildman–Crippen MR) is 53.5 cm³/mol. The average Bonchev–Trinajstić information content (AvgIpc) is 2.61. The summed E-state index contributed by atoms with van der Waals surface area (Å²) in [6, 6.07) is 4.44. The van der Waals surface area contributed by atoms with Gasteiger partial charge in [0.25, 0.3) is 0 Å². The van der Waals surface area contributed by atoms with Gasteiger partial charge in [-0.25, -0.2) is 4.79 Å². The molecule has 5 heteroatoms. The number of phenols is 1. The molecule has 0 atom stereocenters. The van der Waals surface area contributed by atoms with Crippen molar-refractivity contribution in [1.29, 1.82) is 0 Å². The van der Waals surface area contributed by atoms with E-state index in [1.54, 1.807) is 6.07 Å². The van der Waals surface area contributed by atoms with Crippen molar-refractivity contribution in [2.45, 2.75) is 0 Å². The first-order chi connectivity index (χ1) is 7.11. The Hall–Kier alpha value is -2.17. The van der Waals surface area contributed by atoms with Gasteiger partial charge in [0.1, 0.15) is 17.2 Å². The van der Waals surface area contributed by atoms with E-state index >= 15 is 0 Å². The third kappa shape index (κ3) is 1.48. The van der Waals surface area contributed by atoms with Crippen LogP contribution in [0.1, 0.15) is 10.5 Å². The molecule has 0 aliphatic carbocycles. The van der Waals surface area contributed by atoms with Crippen LogP contribution in [0.15, 0.2) is 18.2 Å². The fourth-order valence-electron chi connectivity index (χ4n) is 1.43. The SMILES string of the molecule is COc1cc(O)c2cc(C(=O)O)[nH]c2c1. The van der Waals surface area contributed by atoms with Crippen LogP contribution in [-0.4, -0.2) is 28.3 Å². The van der Waals surface area contributed by atoms with Crippen molar-refractivity contribution >= 4 is 16.9 Å². The van der Waals surface area contributed by atoms with E-state index in [1.165, 1.54) is 19.2 Å². The number of ether oxygens (including phenoxy) is 1. The zero-order valence-corrected chi connectivity index (χ0v) is 7.94. The molecule has 0 fully saturated rings. The van der Waals surface area contributed by atoms with Gasteiger partial charge in [0.2, 0.25) is 0 Å². The zero-order valence-electron chi connectivity index (χ0n) is 7.94. The quantitative estimate of drug-likeness (QED) is 0.698. The summed E-state index contributed by atoms with van der Waals surface area (Å²) in [6.07, 6.45) is 0. The highest BCUT2D eigenvalue weighted by molar-refractivity contribution is 5.96. The molecule has 0 saturated carbocycles. The molecule has 3 N–H and O–H groups in total. The van der Waals surface area contributed by atoms with Crippen molar-refractivity contribution in [3.63, 3.8) is 0 Å². The number of nitrogens with one attached hydrogen (secondary N) is 1. The first kappa shape index (κ1) is 9.39. The highest BCUT2D eigenvalue weighted by Gasteiger charge is 2.11. The Labute approximate surface area is 84.9 Å². The Bertz CT molecular complexity index is 529. The van der Waals surface area contributed by atoms with Gasteiger partial charge >= 0.3 is 5.97 Å². The summed E-state index contributed by atoms with van der Waals surface area (Å²) >= 11 is 0. The number of aromatic carboxylic acids is 1. The smallest absolute Gasteiger partial charge is 0.352 e. The van der Waals surface area contributed by atoms with E-state index in [1.807, 2.05) is 0 Å². The van der Waals surface area contributed by atoms with Gasteiger partial charge in [0.05, 0.1) is 12.6 Å². The number of hydrogen-bond acceptors (Lipinski definition) is 3. The van der Waals surface area contributed by atoms with Crippen LogP contribution in [0.5, 0.6) is 11.5 Å². The first-order valence-electron chi connectivity index (χ1n) is 4.25. The molecule has 0 unspecified atom stereocenters. The number of hydrogen-bond donors (Lipinski definition) is 3. The number of aromatic nitrogens is 1. The molecule has 5 nitrogen and oxygen atoms in total. The van der Waals surface area contributed by atoms with Crippen molar-refractivity contribution in [2.24, 2.45) is 0 Å². The minimum absolute atomic E-state index is 0.00639. The first-order valence-corrected chi connectivity index (χ1v) is 4.25. The molecule has 0 saturated heterocycles. The molecule has 1 heterocycles. The van der Waals surface area contributed by atoms with Gasteiger partial charge in [-0.1, -0.05) is 0 Å². The highest BCUT2D eigenvalue weighted by atomic mass is 16.5. The normalized spacial score (nSPS) is 10.5. The second-order valence-corrected chi connectivity index (χ2v) is 3.10. The van der Waals surface area contributed by atoms with Crippen LogP contribution < -0.4 is 4.74 Å². The lowest BCUT2D eigenvalue weighted by atomic mass is 10.2. The maximum atomic E-state index is 10.7. The summed E-state index contributed by atoms with van der Waals surface area (Å²) in [5.41, 5.74) is 0.567. The number of methoxy groups -OCH3 is 1. The molecule has 1 aromatic heterocycles. The van der Waals surface area contributed by atoms with Crippen LogP contribution in [-0.2, 0) is 0 Å². The molecule has 0 bridgehead atoms. The number of rotatable bonds is 2. The van der Waals surface area contributed by atoms with E-state index in [2.05, 4.69) is 4.98 Å². The summed E-state index contributed by atoms with van der Waals surface area (Å²) in [4.78, 5) is 13.4. The van der Waals surface area contributed by atoms with E-state index in [0.717, 1.165) is 0 Å². The second kappa shape index (κ2) is 3.20. The third-order valence-electron chi connectivity index (χ3n) is 2.16. The molecular weight excluding hydrogens is 198 g/mol. The van der Waals surface area contributed by atoms with Crippen LogP contribution in [0.2, 0.25) is 0 Å². The van der Waals surface area contributed by atoms with Gasteiger partial charge in [-0.05, 0) is 6.07 Å². The number of carboxylic acids is 1. The van der Waals surface area contributed by atoms with Gasteiger partial charge in [-0.3, -0.25) is 0 Å². The Kier molecular flexibility index (Phi) is 2.00. The average molecular weight is 207 g/mol. The van der Waals surface area contributed by atoms with Gasteiger partial charge in [-0.15, -0.1) is 0 Å². The fourth-order valence-corrected chi connectivity index (χ4v) is 1.43. The topological polar surface area (TPSA) is 82.6 Å². The Balaban J connectivity index is 2.69. The Morgan fingerprint density at radius 1 is 1.40 bits per heavy atom. The summed E-state index contributed by atoms with van der Waals surface area (Å²) in [5, 5.41) is 18.8. The monoisotopic (exact) mass is 207 g/mol. The van der Waals surface area contributed by atoms with Gasteiger partial charge in [0, 0.05) is 17.5 Å². The Morgan fingerprint density at radius 2 is 2.13 bits per heavy atom. The largest absolute Gasteiger partial charge is 0.507 e. The molecule has 0 amide bonds. The van der Waals surface area contributed by atoms with Gasteiger partial charge in [-0.2, -0.15) is 0 Å². The van der Waals surface area contributed by atoms with Crippen LogP contribution in [0, 0.1) is 0 Å². The van der Waals surface area contributed by atoms with Gasteiger partial charge < -0.3 is 19.9 Å². The van der Waals surface area contributed by atoms with Crippen LogP contribution >= 0.6 is 0 Å². The molecular formula is C10H9NO4. The summed E-state index contributed by atoms with van der Waals surface area (Å²) in [7, 11) is 1.47. The summed E-state index contributed by atoms with van der Waals surface area (Å²) < 4.78 is 4.95. The fraction of sp³-hybridized carbons (Fsp3) is 0.100. The minimum atomic E-state index is -1.07. The molecule has 0 aliphatic rings. The molecule has 2 rings (SSSR count). The van der Waals surface area contributed by atoms with Crippen molar-refractivity contribution < 1.29 is 19.7 Å². The second-order valence-electron chi connectivity index (χ2n) is 3.10. The lowest BCUT2D eigenvalue weighted by molar-refractivity contribution is 0.0691. The van der Waals surface area contributed by atoms with Crippen molar-refractivity contribution in [2.75, 3.05) is 7.11 Å². The molecule has 15 heavy (non-hydrogen) atoms. The van der Waals surface area contributed by atoms with Crippen molar-refractivity contribution in [3.8, 4) is 11.5 Å². The van der Waals surface area contributed by atoms with Crippen LogP contribution in [0.4, 0.5) is 0 Å². The van der Waals surface area contributed by atoms with E-state index in [9.17, 15) is 9.90 Å². The summed E-state index contributed by atoms with van der Waals surface area (Å²) in [6.45, 7) is 0. The van der Waals surface area contributed by atoms with E-state index in [0.29, 0.717) is 16.7 Å². The minimum Gasteiger partial charge on any atom is -0.507 e. The lowest BCUT2D eigenvalue weighted by Crippen LogP contribution is -1.94. The summed E-state index contributed by atoms with van der Waals surface area (Å²) in [5.74, 6) is -0.601. The molecule has 1 aromatic carbocycles. The van der Waals surface area contributed by atoms with Crippen LogP contribution in [0.25, 0.3) is 10.9 Å². The number of carbonyl (C=O) groups is 1. The molecule has 78 valence electrons. The number of aromatic amines is 1. The molecule has 0 radical (unpaired) electrons. The number of carboxylic acid groups (broad SMARTS) is 1. The van der Waals surface area contributed by atoms with Crippen molar-refractivity contribution in [1.82, 2.24) is 4.98 Å². The van der Waals surface area contributed by atoms with E-state index in [-0.39, 0.29) is 11.4 Å². The van der Waals surface area contributed by atoms with Gasteiger partial charge in [0.15, 0.2) is 0 Å². The number of aromatic hydroxyl groups is 1. The highest BCUT2D eigenvalue weighted by Crippen LogP contribution is 2.30. The zero-order chi connectivity index (χ0) is 11.0. The molecule has 0 aliphatic heterocycles. The Morgan fingerprint density at radius 3 is 2.73 bits per heavy atom. The van der Waals surface area contributed by atoms with Crippen molar-refractivity contribution in [3.05, 3.63) is 23.9 Å². The maximum Gasteiger partial charge on any atom is 0.352 e. The standard InChI is InChI=1S/C10H9NO4/c1-15-5-2-7-6(9(12)3-5)4-8(11-7)10(13)14/h2-4,11-12H,1H3,(H,13,14). The number of fused-ring (bicyclic) bond motifs is 1. The van der Waals surface area contributed by atoms with E-state index in [4.69, 9.17) is 9.84 Å². The number of benzene rings is 1. The third-order valence-corrected chi connectivity index (χ3v) is 2.16. The maximum absolute atomic E-state index is 10.7. The lowest BCUT2D eigenvalue weighted by Gasteiger charge is -2.00. The predicted octanol–water partition coefficient (Wildman–Crippen LogP) is 1.58. The van der Waals surface area contributed by atoms with Crippen LogP contribution in [0.3, 0.4) is 0 Å². The molecule has 2 aromatic rings. The number of phenolic OH excluding ortho intramolecular Hbond substituents is 1. The molecule has 0 spiro atoms. The number of H-pyrrole nitrogens is 1. The van der Waals surface area contributed by atoms with E-state index < -0.39 is 5.97 Å².